The van der Waals surface area contributed by atoms with Crippen LogP contribution in [0.4, 0.5) is 18.9 Å². The van der Waals surface area contributed by atoms with Crippen molar-refractivity contribution in [1.29, 1.82) is 0 Å². The largest absolute Gasteiger partial charge is 0.548 e. The number of hydrogen-bond acceptors (Lipinski definition) is 4. The summed E-state index contributed by atoms with van der Waals surface area (Å²) >= 11 is 0. The van der Waals surface area contributed by atoms with Crippen molar-refractivity contribution in [3.8, 4) is 0 Å². The summed E-state index contributed by atoms with van der Waals surface area (Å²) < 4.78 is 43.8. The number of para-hydroxylation sites is 1. The highest BCUT2D eigenvalue weighted by atomic mass is 19.4. The Morgan fingerprint density at radius 1 is 1.40 bits per heavy atom. The van der Waals surface area contributed by atoms with Crippen molar-refractivity contribution in [2.45, 2.75) is 18.7 Å². The molecule has 0 spiro atoms. The monoisotopic (exact) mass is 288 g/mol. The maximum atomic E-state index is 12.9. The predicted octanol–water partition coefficient (Wildman–Crippen LogP) is 1.05. The number of alkyl halides is 3. The van der Waals surface area contributed by atoms with Gasteiger partial charge in [-0.15, -0.1) is 0 Å². The van der Waals surface area contributed by atoms with E-state index < -0.39 is 30.4 Å². The van der Waals surface area contributed by atoms with Crippen LogP contribution >= 0.6 is 0 Å². The molecule has 1 atom stereocenters. The molecule has 110 valence electrons. The Kier molecular flexibility index (Phi) is 4.17. The smallest absolute Gasteiger partial charge is 0.418 e. The van der Waals surface area contributed by atoms with E-state index >= 15 is 0 Å². The van der Waals surface area contributed by atoms with E-state index in [9.17, 15) is 23.1 Å². The minimum absolute atomic E-state index is 0.0968. The molecule has 1 heterocycles. The molecule has 2 rings (SSSR count). The summed E-state index contributed by atoms with van der Waals surface area (Å²) in [6, 6.07) is 5.32. The van der Waals surface area contributed by atoms with Crippen molar-refractivity contribution >= 4 is 11.7 Å². The number of ether oxygens (including phenoxy) is 1. The van der Waals surface area contributed by atoms with Crippen LogP contribution in [-0.2, 0) is 15.7 Å². The van der Waals surface area contributed by atoms with Gasteiger partial charge in [0.15, 0.2) is 0 Å². The highest BCUT2D eigenvalue weighted by molar-refractivity contribution is 5.65. The first-order chi connectivity index (χ1) is 9.38. The van der Waals surface area contributed by atoms with Crippen LogP contribution in [0.2, 0.25) is 0 Å². The lowest BCUT2D eigenvalue weighted by atomic mass is 10.1. The molecule has 7 heteroatoms. The molecule has 0 bridgehead atoms. The van der Waals surface area contributed by atoms with Crippen LogP contribution in [0.5, 0.6) is 0 Å². The molecule has 1 aliphatic rings. The Morgan fingerprint density at radius 2 is 2.10 bits per heavy atom. The number of carbonyl (C=O) groups is 1. The molecular weight excluding hydrogens is 275 g/mol. The van der Waals surface area contributed by atoms with Crippen LogP contribution in [0.15, 0.2) is 24.3 Å². The van der Waals surface area contributed by atoms with Gasteiger partial charge in [-0.05, 0) is 18.6 Å². The van der Waals surface area contributed by atoms with Crippen molar-refractivity contribution in [1.82, 2.24) is 0 Å². The second-order valence-corrected chi connectivity index (χ2v) is 4.55. The second kappa shape index (κ2) is 5.70. The van der Waals surface area contributed by atoms with Crippen molar-refractivity contribution in [3.63, 3.8) is 0 Å². The Labute approximate surface area is 113 Å². The maximum absolute atomic E-state index is 12.9. The number of benzene rings is 1. The number of carboxylic acids is 1. The van der Waals surface area contributed by atoms with Crippen molar-refractivity contribution in [2.75, 3.05) is 24.6 Å². The summed E-state index contributed by atoms with van der Waals surface area (Å²) in [5, 5.41) is 10.3. The number of anilines is 1. The third kappa shape index (κ3) is 3.41. The molecule has 0 N–H and O–H groups in total. The average Bonchev–Trinajstić information content (AvgIpc) is 2.84. The van der Waals surface area contributed by atoms with E-state index in [-0.39, 0.29) is 12.2 Å². The molecule has 1 aromatic rings. The third-order valence-corrected chi connectivity index (χ3v) is 3.13. The van der Waals surface area contributed by atoms with Gasteiger partial charge < -0.3 is 19.5 Å². The maximum Gasteiger partial charge on any atom is 0.418 e. The number of hydrogen-bond donors (Lipinski definition) is 0. The van der Waals surface area contributed by atoms with Crippen LogP contribution in [0.25, 0.3) is 0 Å². The Balaban J connectivity index is 2.09. The first-order valence-corrected chi connectivity index (χ1v) is 6.10. The first-order valence-electron chi connectivity index (χ1n) is 6.10. The molecule has 1 aromatic carbocycles. The topological polar surface area (TPSA) is 52.6 Å². The van der Waals surface area contributed by atoms with E-state index in [1.54, 1.807) is 11.0 Å². The number of carbonyl (C=O) groups excluding carboxylic acids is 1. The molecule has 0 aromatic heterocycles. The van der Waals surface area contributed by atoms with Crippen LogP contribution in [-0.4, -0.2) is 31.8 Å². The molecule has 1 aliphatic heterocycles. The van der Waals surface area contributed by atoms with Gasteiger partial charge in [-0.1, -0.05) is 12.1 Å². The number of aliphatic carboxylic acids is 1. The predicted molar refractivity (Wildman–Crippen MR) is 63.0 cm³/mol. The molecule has 0 aliphatic carbocycles. The van der Waals surface area contributed by atoms with Gasteiger partial charge in [0.05, 0.1) is 24.2 Å². The Bertz CT molecular complexity index is 490. The molecule has 4 nitrogen and oxygen atoms in total. The van der Waals surface area contributed by atoms with Crippen LogP contribution in [0, 0.1) is 0 Å². The highest BCUT2D eigenvalue weighted by Crippen LogP contribution is 2.37. The van der Waals surface area contributed by atoms with Gasteiger partial charge in [0, 0.05) is 18.8 Å². The van der Waals surface area contributed by atoms with Crippen molar-refractivity contribution in [2.24, 2.45) is 0 Å². The van der Waals surface area contributed by atoms with Gasteiger partial charge in [-0.2, -0.15) is 13.2 Å². The Hall–Kier alpha value is -1.76. The number of rotatable bonds is 4. The summed E-state index contributed by atoms with van der Waals surface area (Å²) in [6.07, 6.45) is -4.32. The zero-order valence-corrected chi connectivity index (χ0v) is 10.5. The summed E-state index contributed by atoms with van der Waals surface area (Å²) in [7, 11) is 0. The fourth-order valence-corrected chi connectivity index (χ4v) is 2.26. The quantitative estimate of drug-likeness (QED) is 0.831. The normalized spacial score (nSPS) is 19.4. The summed E-state index contributed by atoms with van der Waals surface area (Å²) in [6.45, 7) is 0.0879. The van der Waals surface area contributed by atoms with Crippen molar-refractivity contribution in [3.05, 3.63) is 29.8 Å². The van der Waals surface area contributed by atoms with Gasteiger partial charge in [0.2, 0.25) is 0 Å². The molecule has 0 radical (unpaired) electrons. The molecule has 20 heavy (non-hydrogen) atoms. The van der Waals surface area contributed by atoms with E-state index in [1.165, 1.54) is 12.1 Å². The number of carboxylic acid groups (broad SMARTS) is 1. The van der Waals surface area contributed by atoms with Gasteiger partial charge in [0.1, 0.15) is 0 Å². The van der Waals surface area contributed by atoms with E-state index in [0.717, 1.165) is 6.07 Å². The lowest BCUT2D eigenvalue weighted by Crippen LogP contribution is -2.31. The summed E-state index contributed by atoms with van der Waals surface area (Å²) in [5.41, 5.74) is -0.597. The lowest BCUT2D eigenvalue weighted by molar-refractivity contribution is -0.310. The summed E-state index contributed by atoms with van der Waals surface area (Å²) in [5.74, 6) is -1.33. The minimum atomic E-state index is -4.42. The standard InChI is InChI=1S/C13H14F3NO3/c14-13(15,16)10-3-1-2-4-11(10)17-6-5-9(7-17)20-8-12(18)19/h1-4,9H,5-8H2,(H,18,19)/p-1. The Morgan fingerprint density at radius 3 is 2.75 bits per heavy atom. The minimum Gasteiger partial charge on any atom is -0.548 e. The molecule has 1 fully saturated rings. The number of halogens is 3. The van der Waals surface area contributed by atoms with Crippen molar-refractivity contribution < 1.29 is 27.8 Å². The fourth-order valence-electron chi connectivity index (χ4n) is 2.26. The van der Waals surface area contributed by atoms with Crippen LogP contribution in [0.3, 0.4) is 0 Å². The third-order valence-electron chi connectivity index (χ3n) is 3.13. The van der Waals surface area contributed by atoms with Crippen LogP contribution in [0.1, 0.15) is 12.0 Å². The van der Waals surface area contributed by atoms with E-state index in [4.69, 9.17) is 4.74 Å². The van der Waals surface area contributed by atoms with E-state index in [2.05, 4.69) is 0 Å². The molecule has 1 unspecified atom stereocenters. The SMILES string of the molecule is O=C([O-])COC1CCN(c2ccccc2C(F)(F)F)C1. The molecule has 0 saturated carbocycles. The van der Waals surface area contributed by atoms with Gasteiger partial charge in [-0.3, -0.25) is 0 Å². The van der Waals surface area contributed by atoms with Crippen LogP contribution < -0.4 is 10.0 Å². The molecule has 1 saturated heterocycles. The zero-order valence-electron chi connectivity index (χ0n) is 10.5. The van der Waals surface area contributed by atoms with Gasteiger partial charge >= 0.3 is 6.18 Å². The average molecular weight is 288 g/mol. The first kappa shape index (κ1) is 14.6. The molecular formula is C13H13F3NO3-. The second-order valence-electron chi connectivity index (χ2n) is 4.55. The van der Waals surface area contributed by atoms with E-state index in [1.807, 2.05) is 0 Å². The lowest BCUT2D eigenvalue weighted by Gasteiger charge is -2.23. The fraction of sp³-hybridized carbons (Fsp3) is 0.462. The number of nitrogens with zero attached hydrogens (tertiary/aromatic N) is 1. The highest BCUT2D eigenvalue weighted by Gasteiger charge is 2.36. The van der Waals surface area contributed by atoms with Gasteiger partial charge in [-0.25, -0.2) is 0 Å². The van der Waals surface area contributed by atoms with Gasteiger partial charge in [0.25, 0.3) is 0 Å². The zero-order chi connectivity index (χ0) is 14.8. The van der Waals surface area contributed by atoms with E-state index in [0.29, 0.717) is 13.0 Å². The molecule has 0 amide bonds. The summed E-state index contributed by atoms with van der Waals surface area (Å²) in [4.78, 5) is 11.9.